The summed E-state index contributed by atoms with van der Waals surface area (Å²) in [6.45, 7) is 0.973. The molecule has 0 fully saturated rings. The zero-order valence-electron chi connectivity index (χ0n) is 13.6. The molecule has 0 spiro atoms. The molecule has 1 unspecified atom stereocenters. The van der Waals surface area contributed by atoms with Crippen LogP contribution >= 0.6 is 27.7 Å². The summed E-state index contributed by atoms with van der Waals surface area (Å²) in [5.41, 5.74) is 2.39. The minimum Gasteiger partial charge on any atom is -0.380 e. The normalized spacial score (nSPS) is 20.0. The molecular formula is C19H22BrNOS. The summed E-state index contributed by atoms with van der Waals surface area (Å²) < 4.78 is 1.02. The molecule has 2 nitrogen and oxygen atoms in total. The molecule has 3 rings (SSSR count). The van der Waals surface area contributed by atoms with Gasteiger partial charge in [0.1, 0.15) is 5.60 Å². The molecule has 1 atom stereocenters. The summed E-state index contributed by atoms with van der Waals surface area (Å²) in [5.74, 6) is 0.898. The summed E-state index contributed by atoms with van der Waals surface area (Å²) in [6.07, 6.45) is 1.68. The third-order valence-corrected chi connectivity index (χ3v) is 5.99. The van der Waals surface area contributed by atoms with E-state index in [1.54, 1.807) is 0 Å². The number of thioether (sulfide) groups is 1. The van der Waals surface area contributed by atoms with Crippen molar-refractivity contribution in [3.8, 4) is 0 Å². The van der Waals surface area contributed by atoms with Gasteiger partial charge in [-0.25, -0.2) is 0 Å². The fourth-order valence-corrected chi connectivity index (χ4v) is 4.71. The fraction of sp³-hybridized carbons (Fsp3) is 0.368. The van der Waals surface area contributed by atoms with Gasteiger partial charge in [0.15, 0.2) is 0 Å². The Morgan fingerprint density at radius 3 is 2.74 bits per heavy atom. The summed E-state index contributed by atoms with van der Waals surface area (Å²) in [7, 11) is 4.15. The average molecular weight is 392 g/mol. The zero-order valence-corrected chi connectivity index (χ0v) is 16.0. The lowest BCUT2D eigenvalue weighted by atomic mass is 9.80. The van der Waals surface area contributed by atoms with Crippen molar-refractivity contribution in [3.05, 3.63) is 63.6 Å². The molecule has 0 radical (unpaired) electrons. The van der Waals surface area contributed by atoms with Crippen LogP contribution in [0.15, 0.2) is 51.8 Å². The maximum absolute atomic E-state index is 11.7. The van der Waals surface area contributed by atoms with Gasteiger partial charge in [-0.1, -0.05) is 40.2 Å². The molecule has 1 aliphatic rings. The van der Waals surface area contributed by atoms with Crippen LogP contribution in [-0.4, -0.2) is 30.6 Å². The van der Waals surface area contributed by atoms with Gasteiger partial charge in [0.05, 0.1) is 0 Å². The Bertz CT molecular complexity index is 704. The number of hydrogen-bond donors (Lipinski definition) is 1. The van der Waals surface area contributed by atoms with Crippen LogP contribution in [0.2, 0.25) is 0 Å². The Morgan fingerprint density at radius 2 is 1.96 bits per heavy atom. The van der Waals surface area contributed by atoms with Crippen LogP contribution in [-0.2, 0) is 11.4 Å². The number of halogens is 1. The Kier molecular flexibility index (Phi) is 5.16. The lowest BCUT2D eigenvalue weighted by Crippen LogP contribution is -2.30. The second-order valence-electron chi connectivity index (χ2n) is 6.35. The summed E-state index contributed by atoms with van der Waals surface area (Å²) in [5, 5.41) is 11.7. The van der Waals surface area contributed by atoms with E-state index in [9.17, 15) is 5.11 Å². The van der Waals surface area contributed by atoms with Crippen molar-refractivity contribution >= 4 is 27.7 Å². The molecule has 0 saturated carbocycles. The van der Waals surface area contributed by atoms with Crippen molar-refractivity contribution in [3.63, 3.8) is 0 Å². The van der Waals surface area contributed by atoms with Crippen molar-refractivity contribution in [2.45, 2.75) is 29.1 Å². The molecule has 23 heavy (non-hydrogen) atoms. The molecule has 0 amide bonds. The summed E-state index contributed by atoms with van der Waals surface area (Å²) in [6, 6.07) is 14.6. The molecule has 0 aliphatic carbocycles. The first-order chi connectivity index (χ1) is 11.0. The van der Waals surface area contributed by atoms with Crippen LogP contribution < -0.4 is 0 Å². The van der Waals surface area contributed by atoms with Gasteiger partial charge in [0, 0.05) is 20.7 Å². The Hall–Kier alpha value is -0.810. The molecular weight excluding hydrogens is 370 g/mol. The molecule has 0 aromatic heterocycles. The molecule has 122 valence electrons. The quantitative estimate of drug-likeness (QED) is 0.821. The molecule has 0 bridgehead atoms. The van der Waals surface area contributed by atoms with Crippen molar-refractivity contribution in [1.82, 2.24) is 4.90 Å². The van der Waals surface area contributed by atoms with Crippen LogP contribution in [0, 0.1) is 0 Å². The fourth-order valence-electron chi connectivity index (χ4n) is 3.21. The number of nitrogens with zero attached hydrogens (tertiary/aromatic N) is 1. The van der Waals surface area contributed by atoms with E-state index in [0.717, 1.165) is 40.7 Å². The highest BCUT2D eigenvalue weighted by atomic mass is 79.9. The summed E-state index contributed by atoms with van der Waals surface area (Å²) >= 11 is 5.39. The monoisotopic (exact) mass is 391 g/mol. The number of rotatable bonds is 4. The average Bonchev–Trinajstić information content (AvgIpc) is 2.64. The van der Waals surface area contributed by atoms with Crippen LogP contribution in [0.1, 0.15) is 29.5 Å². The van der Waals surface area contributed by atoms with Crippen LogP contribution in [0.25, 0.3) is 0 Å². The second kappa shape index (κ2) is 6.98. The predicted molar refractivity (Wildman–Crippen MR) is 101 cm³/mol. The highest BCUT2D eigenvalue weighted by Crippen LogP contribution is 2.46. The molecule has 1 heterocycles. The molecule has 2 aromatic rings. The van der Waals surface area contributed by atoms with Crippen molar-refractivity contribution in [1.29, 1.82) is 0 Å². The maximum atomic E-state index is 11.7. The minimum absolute atomic E-state index is 0.728. The van der Waals surface area contributed by atoms with Gasteiger partial charge in [-0.05, 0) is 62.8 Å². The van der Waals surface area contributed by atoms with Crippen molar-refractivity contribution < 1.29 is 5.11 Å². The number of aliphatic hydroxyl groups is 1. The van der Waals surface area contributed by atoms with E-state index in [4.69, 9.17) is 0 Å². The van der Waals surface area contributed by atoms with E-state index >= 15 is 0 Å². The van der Waals surface area contributed by atoms with E-state index in [-0.39, 0.29) is 0 Å². The van der Waals surface area contributed by atoms with E-state index in [1.807, 2.05) is 17.8 Å². The van der Waals surface area contributed by atoms with Crippen molar-refractivity contribution in [2.75, 3.05) is 20.6 Å². The van der Waals surface area contributed by atoms with Gasteiger partial charge in [0.2, 0.25) is 0 Å². The van der Waals surface area contributed by atoms with Gasteiger partial charge in [-0.15, -0.1) is 11.8 Å². The highest BCUT2D eigenvalue weighted by Gasteiger charge is 2.37. The Balaban J connectivity index is 2.09. The first-order valence-corrected chi connectivity index (χ1v) is 9.67. The zero-order chi connectivity index (χ0) is 16.4. The molecule has 1 N–H and O–H groups in total. The largest absolute Gasteiger partial charge is 0.380 e. The van der Waals surface area contributed by atoms with Crippen LogP contribution in [0.5, 0.6) is 0 Å². The smallest absolute Gasteiger partial charge is 0.116 e. The van der Waals surface area contributed by atoms with Gasteiger partial charge in [-0.3, -0.25) is 0 Å². The molecule has 0 saturated heterocycles. The van der Waals surface area contributed by atoms with Crippen LogP contribution in [0.3, 0.4) is 0 Å². The topological polar surface area (TPSA) is 23.5 Å². The third-order valence-electron chi connectivity index (χ3n) is 4.38. The Morgan fingerprint density at radius 1 is 1.17 bits per heavy atom. The number of benzene rings is 2. The van der Waals surface area contributed by atoms with Gasteiger partial charge in [-0.2, -0.15) is 0 Å². The van der Waals surface area contributed by atoms with E-state index < -0.39 is 5.60 Å². The standard InChI is InChI=1S/C19H22BrNOS/c1-21(2)11-5-10-19(22)16-6-3-4-7-18(16)23-13-14-8-9-15(20)12-17(14)19/h3-4,6-9,12,22H,5,10-11,13H2,1-2H3. The number of hydrogen-bond acceptors (Lipinski definition) is 3. The second-order valence-corrected chi connectivity index (χ2v) is 8.29. The Labute approximate surface area is 151 Å². The first-order valence-electron chi connectivity index (χ1n) is 7.89. The van der Waals surface area contributed by atoms with Gasteiger partial charge in [0.25, 0.3) is 0 Å². The first kappa shape index (κ1) is 17.0. The van der Waals surface area contributed by atoms with E-state index in [2.05, 4.69) is 71.3 Å². The van der Waals surface area contributed by atoms with E-state index in [0.29, 0.717) is 0 Å². The molecule has 4 heteroatoms. The lowest BCUT2D eigenvalue weighted by Gasteiger charge is -2.31. The van der Waals surface area contributed by atoms with Crippen molar-refractivity contribution in [2.24, 2.45) is 0 Å². The molecule has 1 aliphatic heterocycles. The minimum atomic E-state index is -0.921. The SMILES string of the molecule is CN(C)CCCC1(O)c2cc(Br)ccc2CSc2ccccc21. The third kappa shape index (κ3) is 3.50. The van der Waals surface area contributed by atoms with E-state index in [1.165, 1.54) is 10.5 Å². The molecule has 2 aromatic carbocycles. The lowest BCUT2D eigenvalue weighted by molar-refractivity contribution is 0.0635. The van der Waals surface area contributed by atoms with Crippen LogP contribution in [0.4, 0.5) is 0 Å². The van der Waals surface area contributed by atoms with Gasteiger partial charge < -0.3 is 10.0 Å². The van der Waals surface area contributed by atoms with Gasteiger partial charge >= 0.3 is 0 Å². The summed E-state index contributed by atoms with van der Waals surface area (Å²) in [4.78, 5) is 3.36. The number of fused-ring (bicyclic) bond motifs is 2. The highest BCUT2D eigenvalue weighted by molar-refractivity contribution is 9.10. The predicted octanol–water partition coefficient (Wildman–Crippen LogP) is 4.63. The maximum Gasteiger partial charge on any atom is 0.116 e.